The fourth-order valence-electron chi connectivity index (χ4n) is 2.52. The minimum absolute atomic E-state index is 0.0138. The Balaban J connectivity index is 2.33. The van der Waals surface area contributed by atoms with E-state index in [-0.39, 0.29) is 28.5 Å². The van der Waals surface area contributed by atoms with Crippen molar-refractivity contribution >= 4 is 17.5 Å². The Bertz CT molecular complexity index is 690. The molecule has 0 unspecified atom stereocenters. The number of allylic oxidation sites excluding steroid dienone is 2. The molecule has 0 fully saturated rings. The number of carbonyl (C=O) groups excluding carboxylic acids is 3. The molecule has 6 heteroatoms. The summed E-state index contributed by atoms with van der Waals surface area (Å²) in [4.78, 5) is 36.5. The number of nitrogens with one attached hydrogen (secondary N) is 1. The third-order valence-electron chi connectivity index (χ3n) is 3.58. The first-order valence-corrected chi connectivity index (χ1v) is 7.32. The summed E-state index contributed by atoms with van der Waals surface area (Å²) in [6, 6.07) is 3.59. The maximum absolute atomic E-state index is 12.5. The zero-order chi connectivity index (χ0) is 17.1. The highest BCUT2D eigenvalue weighted by molar-refractivity contribution is 6.25. The Morgan fingerprint density at radius 3 is 2.61 bits per heavy atom. The first-order chi connectivity index (χ1) is 10.8. The van der Waals surface area contributed by atoms with Crippen molar-refractivity contribution in [2.24, 2.45) is 5.92 Å². The molecule has 122 valence electrons. The van der Waals surface area contributed by atoms with Gasteiger partial charge in [0, 0.05) is 11.6 Å². The largest absolute Gasteiger partial charge is 0.507 e. The summed E-state index contributed by atoms with van der Waals surface area (Å²) in [6.07, 6.45) is 1.60. The van der Waals surface area contributed by atoms with Crippen LogP contribution in [0.25, 0.3) is 0 Å². The Kier molecular flexibility index (Phi) is 4.83. The van der Waals surface area contributed by atoms with Gasteiger partial charge in [-0.1, -0.05) is 26.0 Å². The van der Waals surface area contributed by atoms with Gasteiger partial charge >= 0.3 is 5.97 Å². The number of hydrogen-bond acceptors (Lipinski definition) is 6. The van der Waals surface area contributed by atoms with Gasteiger partial charge in [0.25, 0.3) is 0 Å². The molecule has 0 aromatic heterocycles. The molecule has 1 aliphatic rings. The molecule has 0 heterocycles. The van der Waals surface area contributed by atoms with Crippen molar-refractivity contribution < 1.29 is 24.2 Å². The van der Waals surface area contributed by atoms with Gasteiger partial charge in [-0.15, -0.1) is 0 Å². The topological polar surface area (TPSA) is 92.7 Å². The minimum atomic E-state index is -0.740. The lowest BCUT2D eigenvalue weighted by Crippen LogP contribution is -2.41. The van der Waals surface area contributed by atoms with Gasteiger partial charge in [0.2, 0.25) is 5.78 Å². The molecule has 1 aliphatic carbocycles. The van der Waals surface area contributed by atoms with Crippen LogP contribution in [0.2, 0.25) is 0 Å². The van der Waals surface area contributed by atoms with Crippen LogP contribution >= 0.6 is 0 Å². The summed E-state index contributed by atoms with van der Waals surface area (Å²) in [5.74, 6) is -1.50. The van der Waals surface area contributed by atoms with Gasteiger partial charge in [0.15, 0.2) is 5.78 Å². The van der Waals surface area contributed by atoms with Crippen LogP contribution in [0.5, 0.6) is 5.75 Å². The lowest BCUT2D eigenvalue weighted by atomic mass is 9.91. The van der Waals surface area contributed by atoms with Crippen molar-refractivity contribution in [2.75, 3.05) is 7.11 Å². The van der Waals surface area contributed by atoms with Crippen LogP contribution in [-0.2, 0) is 9.53 Å². The molecule has 0 bridgehead atoms. The highest BCUT2D eigenvalue weighted by atomic mass is 16.5. The van der Waals surface area contributed by atoms with E-state index in [1.165, 1.54) is 25.3 Å². The van der Waals surface area contributed by atoms with Gasteiger partial charge in [0.05, 0.1) is 18.4 Å². The number of esters is 1. The van der Waals surface area contributed by atoms with Gasteiger partial charge in [-0.2, -0.15) is 0 Å². The number of fused-ring (bicyclic) bond motifs is 1. The molecule has 23 heavy (non-hydrogen) atoms. The third-order valence-corrected chi connectivity index (χ3v) is 3.58. The minimum Gasteiger partial charge on any atom is -0.507 e. The second-order valence-corrected chi connectivity index (χ2v) is 5.80. The Morgan fingerprint density at radius 2 is 2.00 bits per heavy atom. The molecule has 2 rings (SSSR count). The van der Waals surface area contributed by atoms with Crippen molar-refractivity contribution in [1.29, 1.82) is 0 Å². The number of hydrogen-bond donors (Lipinski definition) is 2. The van der Waals surface area contributed by atoms with Crippen molar-refractivity contribution in [2.45, 2.75) is 26.3 Å². The molecule has 0 saturated carbocycles. The van der Waals surface area contributed by atoms with Crippen LogP contribution < -0.4 is 5.32 Å². The van der Waals surface area contributed by atoms with E-state index < -0.39 is 23.6 Å². The van der Waals surface area contributed by atoms with E-state index in [2.05, 4.69) is 5.32 Å². The Morgan fingerprint density at radius 1 is 1.30 bits per heavy atom. The lowest BCUT2D eigenvalue weighted by Gasteiger charge is -2.23. The molecular weight excluding hydrogens is 298 g/mol. The van der Waals surface area contributed by atoms with Crippen molar-refractivity contribution in [3.63, 3.8) is 0 Å². The summed E-state index contributed by atoms with van der Waals surface area (Å²) in [5.41, 5.74) is 0.0924. The van der Waals surface area contributed by atoms with Crippen LogP contribution in [0.3, 0.4) is 0 Å². The van der Waals surface area contributed by atoms with Gasteiger partial charge in [0.1, 0.15) is 11.8 Å². The van der Waals surface area contributed by atoms with E-state index in [4.69, 9.17) is 4.74 Å². The quantitative estimate of drug-likeness (QED) is 0.805. The average molecular weight is 317 g/mol. The molecule has 1 aromatic carbocycles. The molecule has 1 aromatic rings. The summed E-state index contributed by atoms with van der Waals surface area (Å²) in [7, 11) is 1.26. The van der Waals surface area contributed by atoms with E-state index in [1.54, 1.807) is 0 Å². The first-order valence-electron chi connectivity index (χ1n) is 7.32. The molecule has 2 N–H and O–H groups in total. The molecular formula is C17H19NO5. The maximum Gasteiger partial charge on any atom is 0.328 e. The molecule has 0 aliphatic heterocycles. The number of ether oxygens (including phenoxy) is 1. The fraction of sp³-hybridized carbons (Fsp3) is 0.353. The number of carbonyl (C=O) groups is 3. The van der Waals surface area contributed by atoms with Crippen LogP contribution in [0.4, 0.5) is 0 Å². The number of phenols is 1. The van der Waals surface area contributed by atoms with Gasteiger partial charge in [-0.25, -0.2) is 4.79 Å². The average Bonchev–Trinajstić information content (AvgIpc) is 2.50. The van der Waals surface area contributed by atoms with Crippen LogP contribution in [0.1, 0.15) is 41.0 Å². The highest BCUT2D eigenvalue weighted by Crippen LogP contribution is 2.28. The third kappa shape index (κ3) is 3.41. The van der Waals surface area contributed by atoms with Crippen molar-refractivity contribution in [3.8, 4) is 5.75 Å². The predicted molar refractivity (Wildman–Crippen MR) is 83.2 cm³/mol. The number of Topliss-reactive ketones (excluding diaryl/α,β-unsaturated/α-hetero) is 1. The van der Waals surface area contributed by atoms with Gasteiger partial charge in [-0.3, -0.25) is 9.59 Å². The van der Waals surface area contributed by atoms with Crippen LogP contribution in [-0.4, -0.2) is 35.8 Å². The van der Waals surface area contributed by atoms with Crippen molar-refractivity contribution in [3.05, 3.63) is 41.1 Å². The number of aromatic hydroxyl groups is 1. The SMILES string of the molecule is COC(=O)[C@@H](CC(C)C)NC1=CC(=O)c2cccc(O)c2C1=O. The van der Waals surface area contributed by atoms with Gasteiger partial charge in [-0.05, 0) is 18.4 Å². The fourth-order valence-corrected chi connectivity index (χ4v) is 2.52. The van der Waals surface area contributed by atoms with E-state index in [1.807, 2.05) is 13.8 Å². The molecule has 0 amide bonds. The zero-order valence-electron chi connectivity index (χ0n) is 13.3. The van der Waals surface area contributed by atoms with Crippen LogP contribution in [0, 0.1) is 5.92 Å². The molecule has 1 atom stereocenters. The molecule has 0 saturated heterocycles. The Hall–Kier alpha value is -2.63. The van der Waals surface area contributed by atoms with E-state index >= 15 is 0 Å². The van der Waals surface area contributed by atoms with E-state index in [0.29, 0.717) is 6.42 Å². The standard InChI is InChI=1S/C17H19NO5/c1-9(2)7-12(17(22)23-3)18-11-8-14(20)10-5-4-6-13(19)15(10)16(11)21/h4-6,8-9,12,18-19H,7H2,1-3H3/t12-/m1/s1. The van der Waals surface area contributed by atoms with E-state index in [0.717, 1.165) is 6.08 Å². The monoisotopic (exact) mass is 317 g/mol. The lowest BCUT2D eigenvalue weighted by molar-refractivity contribution is -0.143. The smallest absolute Gasteiger partial charge is 0.328 e. The zero-order valence-corrected chi connectivity index (χ0v) is 13.3. The number of methoxy groups -OCH3 is 1. The summed E-state index contributed by atoms with van der Waals surface area (Å²) < 4.78 is 4.74. The van der Waals surface area contributed by atoms with Crippen LogP contribution in [0.15, 0.2) is 30.0 Å². The number of ketones is 2. The first kappa shape index (κ1) is 16.7. The molecule has 0 radical (unpaired) electrons. The number of phenolic OH excluding ortho intramolecular Hbond substituents is 1. The summed E-state index contributed by atoms with van der Waals surface area (Å²) in [6.45, 7) is 3.86. The summed E-state index contributed by atoms with van der Waals surface area (Å²) >= 11 is 0. The predicted octanol–water partition coefficient (Wildman–Crippen LogP) is 1.83. The number of benzene rings is 1. The second-order valence-electron chi connectivity index (χ2n) is 5.80. The molecule has 0 spiro atoms. The van der Waals surface area contributed by atoms with Gasteiger partial charge < -0.3 is 15.2 Å². The van der Waals surface area contributed by atoms with E-state index in [9.17, 15) is 19.5 Å². The highest BCUT2D eigenvalue weighted by Gasteiger charge is 2.31. The summed E-state index contributed by atoms with van der Waals surface area (Å²) in [5, 5.41) is 12.7. The van der Waals surface area contributed by atoms with Crippen molar-refractivity contribution in [1.82, 2.24) is 5.32 Å². The second kappa shape index (κ2) is 6.64. The Labute approximate surface area is 134 Å². The molecule has 6 nitrogen and oxygen atoms in total. The normalized spacial score (nSPS) is 15.0. The maximum atomic E-state index is 12.5. The number of rotatable bonds is 5.